The number of ether oxygens (including phenoxy) is 4. The van der Waals surface area contributed by atoms with Crippen LogP contribution in [0.1, 0.15) is 132 Å². The first-order valence-electron chi connectivity index (χ1n) is 25.0. The summed E-state index contributed by atoms with van der Waals surface area (Å²) in [4.78, 5) is 58.2. The molecule has 2 saturated heterocycles. The number of anilines is 1. The highest BCUT2D eigenvalue weighted by molar-refractivity contribution is 6.39. The standard InChI is InChI=1S/C52H80N4O12/c1-31-15-11-10-12-16-33(3)40(54-45-30-53-68-55-45)29-39-21-19-37(7)52(63,67-39)49(60)50(61)56-24-14-13-17-41(56)51(62)66-43(34(4)27-38-20-22-42(57)44(28-38)64-8)23-18-32(2)26-36(6)47(59)48(65-9)46(58)35(5)25-31/h10-12,15-16,26,30-32,34-35,37-44,47-48,57,59,63H,13-14,17-25,27-29H2,1-9H3,(H,54,55)/b12-10+,15-11+,33-16+,36-26+/t31-,32+,34-,35?,37?,38?,39?,40-,41?,42-,43+,44?,47?,48+,52?/m1/s1. The Balaban J connectivity index is 1.46. The van der Waals surface area contributed by atoms with Crippen LogP contribution in [0.5, 0.6) is 0 Å². The third-order valence-electron chi connectivity index (χ3n) is 15.0. The number of hydrogen-bond donors (Lipinski definition) is 4. The first-order chi connectivity index (χ1) is 32.4. The minimum absolute atomic E-state index is 0.0376. The van der Waals surface area contributed by atoms with E-state index in [1.54, 1.807) is 21.0 Å². The number of nitrogens with one attached hydrogen (secondary N) is 1. The fourth-order valence-electron chi connectivity index (χ4n) is 10.6. The maximum Gasteiger partial charge on any atom is 0.329 e. The van der Waals surface area contributed by atoms with Crippen molar-refractivity contribution in [2.45, 2.75) is 186 Å². The van der Waals surface area contributed by atoms with E-state index in [2.05, 4.69) is 22.6 Å². The van der Waals surface area contributed by atoms with E-state index in [0.29, 0.717) is 88.4 Å². The lowest BCUT2D eigenvalue weighted by molar-refractivity contribution is -0.263. The molecule has 1 aromatic rings. The Labute approximate surface area is 403 Å². The van der Waals surface area contributed by atoms with Crippen LogP contribution in [-0.2, 0) is 38.1 Å². The second-order valence-electron chi connectivity index (χ2n) is 20.5. The molecule has 16 heteroatoms. The van der Waals surface area contributed by atoms with Crippen molar-refractivity contribution in [1.29, 1.82) is 0 Å². The number of amides is 1. The lowest BCUT2D eigenvalue weighted by atomic mass is 9.78. The number of cyclic esters (lactones) is 1. The zero-order valence-corrected chi connectivity index (χ0v) is 41.9. The Morgan fingerprint density at radius 3 is 2.35 bits per heavy atom. The van der Waals surface area contributed by atoms with Gasteiger partial charge in [0, 0.05) is 32.6 Å². The van der Waals surface area contributed by atoms with Gasteiger partial charge in [0.1, 0.15) is 30.6 Å². The van der Waals surface area contributed by atoms with E-state index in [9.17, 15) is 34.5 Å². The minimum Gasteiger partial charge on any atom is -0.461 e. The SMILES string of the molecule is COC1CC(C[C@@H](C)[C@@H]2CC[C@H](C)/C=C(\C)C(O)[C@@H](OC)C(=O)C(C)C[C@H](C)/C=C/C=C/C=C(\C)[C@H](Nc3cnon3)CC3CCC(C)C(O)(O3)C(=O)C(=O)N3CCCCC3C(=O)O2)CC[C@H]1O. The highest BCUT2D eigenvalue weighted by atomic mass is 16.6. The van der Waals surface area contributed by atoms with Gasteiger partial charge in [0.2, 0.25) is 5.79 Å². The molecule has 1 aromatic heterocycles. The van der Waals surface area contributed by atoms with Gasteiger partial charge in [-0.15, -0.1) is 0 Å². The molecule has 15 atom stereocenters. The zero-order valence-electron chi connectivity index (χ0n) is 41.9. The van der Waals surface area contributed by atoms with Gasteiger partial charge in [-0.05, 0) is 132 Å². The molecular weight excluding hydrogens is 873 g/mol. The van der Waals surface area contributed by atoms with Crippen molar-refractivity contribution < 1.29 is 58.1 Å². The number of piperidine rings is 1. The molecule has 4 N–H and O–H groups in total. The van der Waals surface area contributed by atoms with Crippen molar-refractivity contribution in [3.05, 3.63) is 53.8 Å². The molecule has 4 aliphatic rings. The van der Waals surface area contributed by atoms with E-state index in [-0.39, 0.29) is 42.1 Å². The molecule has 16 nitrogen and oxygen atoms in total. The van der Waals surface area contributed by atoms with Crippen LogP contribution in [0.15, 0.2) is 58.4 Å². The molecule has 1 saturated carbocycles. The van der Waals surface area contributed by atoms with Gasteiger partial charge in [0.25, 0.3) is 11.7 Å². The topological polar surface area (TPSA) is 220 Å². The second kappa shape index (κ2) is 25.7. The molecular formula is C52H80N4O12. The maximum atomic E-state index is 14.5. The number of fused-ring (bicyclic) bond motifs is 3. The fourth-order valence-corrected chi connectivity index (χ4v) is 10.6. The molecule has 3 aliphatic heterocycles. The van der Waals surface area contributed by atoms with Crippen molar-refractivity contribution in [3.63, 3.8) is 0 Å². The van der Waals surface area contributed by atoms with Crippen LogP contribution in [0, 0.1) is 35.5 Å². The average Bonchev–Trinajstić information content (AvgIpc) is 3.84. The number of carbonyl (C=O) groups excluding carboxylic acids is 4. The largest absolute Gasteiger partial charge is 0.461 e. The van der Waals surface area contributed by atoms with Gasteiger partial charge in [-0.1, -0.05) is 81.8 Å². The summed E-state index contributed by atoms with van der Waals surface area (Å²) < 4.78 is 28.8. The molecule has 2 bridgehead atoms. The van der Waals surface area contributed by atoms with E-state index < -0.39 is 77.9 Å². The zero-order chi connectivity index (χ0) is 49.7. The number of allylic oxidation sites excluding steroid dienone is 6. The van der Waals surface area contributed by atoms with E-state index in [1.807, 2.05) is 64.2 Å². The molecule has 5 rings (SSSR count). The Morgan fingerprint density at radius 1 is 0.882 bits per heavy atom. The average molecular weight is 953 g/mol. The minimum atomic E-state index is -2.43. The smallest absolute Gasteiger partial charge is 0.329 e. The Hall–Kier alpha value is -4.06. The monoisotopic (exact) mass is 953 g/mol. The molecule has 1 amide bonds. The number of aliphatic hydroxyl groups is 3. The van der Waals surface area contributed by atoms with Gasteiger partial charge in [0.15, 0.2) is 11.6 Å². The number of aliphatic hydroxyl groups excluding tert-OH is 2. The summed E-state index contributed by atoms with van der Waals surface area (Å²) in [5.74, 6) is -5.97. The van der Waals surface area contributed by atoms with Crippen LogP contribution in [0.2, 0.25) is 0 Å². The number of carbonyl (C=O) groups is 4. The highest BCUT2D eigenvalue weighted by Crippen LogP contribution is 2.38. The van der Waals surface area contributed by atoms with E-state index >= 15 is 0 Å². The quantitative estimate of drug-likeness (QED) is 0.125. The van der Waals surface area contributed by atoms with Crippen LogP contribution in [0.4, 0.5) is 5.82 Å². The number of ketones is 2. The van der Waals surface area contributed by atoms with Gasteiger partial charge in [0.05, 0.1) is 24.4 Å². The van der Waals surface area contributed by atoms with Crippen molar-refractivity contribution in [2.75, 3.05) is 26.1 Å². The van der Waals surface area contributed by atoms with Crippen molar-refractivity contribution in [2.24, 2.45) is 35.5 Å². The predicted molar refractivity (Wildman–Crippen MR) is 256 cm³/mol. The van der Waals surface area contributed by atoms with Gasteiger partial charge < -0.3 is 44.5 Å². The van der Waals surface area contributed by atoms with Crippen LogP contribution in [0.25, 0.3) is 0 Å². The number of aromatic nitrogens is 2. The van der Waals surface area contributed by atoms with Gasteiger partial charge in [-0.25, -0.2) is 9.42 Å². The number of nitrogens with zero attached hydrogens (tertiary/aromatic N) is 3. The Morgan fingerprint density at radius 2 is 1.65 bits per heavy atom. The molecule has 68 heavy (non-hydrogen) atoms. The van der Waals surface area contributed by atoms with E-state index in [4.69, 9.17) is 23.6 Å². The number of hydrogen-bond acceptors (Lipinski definition) is 15. The summed E-state index contributed by atoms with van der Waals surface area (Å²) in [5, 5.41) is 45.1. The van der Waals surface area contributed by atoms with Crippen LogP contribution >= 0.6 is 0 Å². The third-order valence-corrected chi connectivity index (χ3v) is 15.0. The van der Waals surface area contributed by atoms with E-state index in [0.717, 1.165) is 12.0 Å². The lowest BCUT2D eigenvalue weighted by Crippen LogP contribution is -2.61. The molecule has 3 fully saturated rings. The highest BCUT2D eigenvalue weighted by Gasteiger charge is 2.53. The normalized spacial score (nSPS) is 39.1. The molecule has 0 aromatic carbocycles. The Kier molecular flexibility index (Phi) is 20.7. The van der Waals surface area contributed by atoms with E-state index in [1.165, 1.54) is 18.2 Å². The molecule has 380 valence electrons. The molecule has 4 heterocycles. The Bertz CT molecular complexity index is 1930. The first kappa shape index (κ1) is 54.9. The summed E-state index contributed by atoms with van der Waals surface area (Å²) in [6.07, 6.45) is 15.9. The van der Waals surface area contributed by atoms with Crippen LogP contribution in [-0.4, -0.2) is 129 Å². The van der Waals surface area contributed by atoms with Crippen molar-refractivity contribution in [1.82, 2.24) is 15.2 Å². The summed E-state index contributed by atoms with van der Waals surface area (Å²) >= 11 is 0. The fraction of sp³-hybridized carbons (Fsp3) is 0.731. The number of rotatable bonds is 7. The predicted octanol–water partition coefficient (Wildman–Crippen LogP) is 6.85. The van der Waals surface area contributed by atoms with Crippen molar-refractivity contribution >= 4 is 29.3 Å². The van der Waals surface area contributed by atoms with Crippen molar-refractivity contribution in [3.8, 4) is 0 Å². The van der Waals surface area contributed by atoms with Gasteiger partial charge in [-0.2, -0.15) is 0 Å². The number of esters is 1. The summed E-state index contributed by atoms with van der Waals surface area (Å²) in [7, 11) is 3.04. The molecule has 8 unspecified atom stereocenters. The number of methoxy groups -OCH3 is 2. The summed E-state index contributed by atoms with van der Waals surface area (Å²) in [6.45, 7) is 13.5. The summed E-state index contributed by atoms with van der Waals surface area (Å²) in [5.41, 5.74) is 1.48. The third kappa shape index (κ3) is 14.5. The number of Topliss-reactive ketones (excluding diaryl/α,β-unsaturated/α-hetero) is 2. The lowest BCUT2D eigenvalue weighted by Gasteiger charge is -2.43. The van der Waals surface area contributed by atoms with Gasteiger partial charge in [-0.3, -0.25) is 14.4 Å². The summed E-state index contributed by atoms with van der Waals surface area (Å²) in [6, 6.07) is -1.45. The maximum absolute atomic E-state index is 14.5. The van der Waals surface area contributed by atoms with Crippen LogP contribution < -0.4 is 5.32 Å². The second-order valence-corrected chi connectivity index (χ2v) is 20.5. The first-order valence-corrected chi connectivity index (χ1v) is 25.0. The van der Waals surface area contributed by atoms with Gasteiger partial charge >= 0.3 is 5.97 Å². The molecule has 0 spiro atoms. The molecule has 0 radical (unpaired) electrons. The van der Waals surface area contributed by atoms with Crippen LogP contribution in [0.3, 0.4) is 0 Å². The molecule has 1 aliphatic carbocycles.